The molecule has 23 heavy (non-hydrogen) atoms. The van der Waals surface area contributed by atoms with Gasteiger partial charge in [0.25, 0.3) is 5.91 Å². The van der Waals surface area contributed by atoms with Gasteiger partial charge in [-0.3, -0.25) is 9.78 Å². The monoisotopic (exact) mass is 432 g/mol. The van der Waals surface area contributed by atoms with Gasteiger partial charge in [-0.05, 0) is 51.9 Å². The Balaban J connectivity index is 2.18. The first-order valence-corrected chi connectivity index (χ1v) is 7.71. The molecule has 1 aromatic heterocycles. The van der Waals surface area contributed by atoms with Crippen LogP contribution >= 0.6 is 22.6 Å². The summed E-state index contributed by atoms with van der Waals surface area (Å²) < 4.78 is 14.7. The Morgan fingerprint density at radius 2 is 2.17 bits per heavy atom. The van der Waals surface area contributed by atoms with E-state index in [-0.39, 0.29) is 17.8 Å². The maximum Gasteiger partial charge on any atom is 0.275 e. The van der Waals surface area contributed by atoms with Crippen LogP contribution in [0.3, 0.4) is 0 Å². The maximum atomic E-state index is 14.0. The van der Waals surface area contributed by atoms with E-state index in [2.05, 4.69) is 9.82 Å². The fourth-order valence-corrected chi connectivity index (χ4v) is 2.33. The molecule has 0 radical (unpaired) electrons. The number of benzene rings is 1. The number of carbonyl (C=O) groups excluding carboxylic acids is 1. The van der Waals surface area contributed by atoms with E-state index in [0.717, 1.165) is 3.57 Å². The molecule has 8 heteroatoms. The van der Waals surface area contributed by atoms with Gasteiger partial charge in [-0.1, -0.05) is 6.07 Å². The molecule has 1 atom stereocenters. The number of amides is 1. The number of hydrogen-bond acceptors (Lipinski definition) is 5. The largest absolute Gasteiger partial charge is 0.391 e. The first-order chi connectivity index (χ1) is 11.0. The fraction of sp³-hybridized carbons (Fsp3) is 0.200. The zero-order valence-corrected chi connectivity index (χ0v) is 14.0. The van der Waals surface area contributed by atoms with Gasteiger partial charge in [0.05, 0.1) is 6.61 Å². The fourth-order valence-electron chi connectivity index (χ4n) is 1.87. The summed E-state index contributed by atoms with van der Waals surface area (Å²) in [5.41, 5.74) is 3.21. The number of hydroxylamine groups is 1. The molecule has 0 bridgehead atoms. The van der Waals surface area contributed by atoms with Crippen LogP contribution in [0.15, 0.2) is 36.7 Å². The summed E-state index contributed by atoms with van der Waals surface area (Å²) in [5, 5.41) is 17.7. The van der Waals surface area contributed by atoms with Crippen molar-refractivity contribution in [1.29, 1.82) is 0 Å². The molecule has 1 aromatic carbocycles. The smallest absolute Gasteiger partial charge is 0.275 e. The molecular weight excluding hydrogens is 418 g/mol. The van der Waals surface area contributed by atoms with E-state index in [1.165, 1.54) is 24.5 Å². The number of pyridine rings is 1. The van der Waals surface area contributed by atoms with Crippen LogP contribution in [0, 0.1) is 9.39 Å². The van der Waals surface area contributed by atoms with Crippen molar-refractivity contribution in [3.63, 3.8) is 0 Å². The van der Waals surface area contributed by atoms with Crippen molar-refractivity contribution in [2.75, 3.05) is 6.61 Å². The number of aliphatic hydroxyl groups excluding tert-OH is 2. The van der Waals surface area contributed by atoms with Gasteiger partial charge in [-0.2, -0.15) is 0 Å². The molecule has 0 fully saturated rings. The van der Waals surface area contributed by atoms with E-state index in [9.17, 15) is 9.18 Å². The molecule has 1 heterocycles. The minimum Gasteiger partial charge on any atom is -0.391 e. The molecule has 0 aliphatic rings. The number of rotatable bonds is 6. The van der Waals surface area contributed by atoms with Crippen LogP contribution in [0.2, 0.25) is 0 Å². The predicted octanol–water partition coefficient (Wildman–Crippen LogP) is 1.39. The van der Waals surface area contributed by atoms with Crippen LogP contribution in [-0.4, -0.2) is 34.0 Å². The number of nitrogens with one attached hydrogen (secondary N) is 1. The van der Waals surface area contributed by atoms with Crippen LogP contribution in [0.25, 0.3) is 0 Å². The third-order valence-electron chi connectivity index (χ3n) is 2.99. The van der Waals surface area contributed by atoms with E-state index < -0.39 is 18.8 Å². The topological polar surface area (TPSA) is 91.7 Å². The zero-order chi connectivity index (χ0) is 16.8. The van der Waals surface area contributed by atoms with E-state index in [4.69, 9.17) is 10.2 Å². The summed E-state index contributed by atoms with van der Waals surface area (Å²) in [6.07, 6.45) is 1.56. The second-order valence-electron chi connectivity index (χ2n) is 4.63. The normalized spacial score (nSPS) is 12.0. The molecule has 3 N–H and O–H groups in total. The molecule has 0 saturated carbocycles. The molecule has 2 rings (SSSR count). The Hall–Kier alpha value is -1.62. The summed E-state index contributed by atoms with van der Waals surface area (Å²) in [4.78, 5) is 20.6. The maximum absolute atomic E-state index is 14.0. The van der Waals surface area contributed by atoms with Crippen molar-refractivity contribution < 1.29 is 24.2 Å². The minimum absolute atomic E-state index is 0.182. The van der Waals surface area contributed by atoms with Gasteiger partial charge in [-0.15, -0.1) is 0 Å². The number of aliphatic hydroxyl groups is 2. The average molecular weight is 432 g/mol. The quantitative estimate of drug-likeness (QED) is 0.365. The predicted molar refractivity (Wildman–Crippen MR) is 87.8 cm³/mol. The summed E-state index contributed by atoms with van der Waals surface area (Å²) in [7, 11) is 0. The van der Waals surface area contributed by atoms with Crippen molar-refractivity contribution in [3.8, 4) is 0 Å². The third-order valence-corrected chi connectivity index (χ3v) is 3.66. The first-order valence-electron chi connectivity index (χ1n) is 6.63. The van der Waals surface area contributed by atoms with Gasteiger partial charge >= 0.3 is 0 Å². The molecule has 0 aliphatic carbocycles. The SMILES string of the molecule is O=C(NO[C@@H](O)CO)c1ccncc1Cc1ccc(I)cc1F. The van der Waals surface area contributed by atoms with Crippen molar-refractivity contribution >= 4 is 28.5 Å². The van der Waals surface area contributed by atoms with Crippen LogP contribution < -0.4 is 5.48 Å². The molecular formula is C15H14FIN2O4. The Bertz CT molecular complexity index is 699. The summed E-state index contributed by atoms with van der Waals surface area (Å²) >= 11 is 2.01. The Morgan fingerprint density at radius 3 is 2.87 bits per heavy atom. The lowest BCUT2D eigenvalue weighted by molar-refractivity contribution is -0.154. The van der Waals surface area contributed by atoms with Gasteiger partial charge in [0.15, 0.2) is 0 Å². The van der Waals surface area contributed by atoms with Gasteiger partial charge in [0, 0.05) is 27.9 Å². The van der Waals surface area contributed by atoms with Crippen molar-refractivity contribution in [3.05, 3.63) is 62.7 Å². The van der Waals surface area contributed by atoms with E-state index in [0.29, 0.717) is 11.1 Å². The van der Waals surface area contributed by atoms with E-state index in [1.807, 2.05) is 28.1 Å². The molecule has 1 amide bonds. The zero-order valence-electron chi connectivity index (χ0n) is 11.9. The Morgan fingerprint density at radius 1 is 1.39 bits per heavy atom. The van der Waals surface area contributed by atoms with Crippen LogP contribution in [0.5, 0.6) is 0 Å². The second-order valence-corrected chi connectivity index (χ2v) is 5.88. The highest BCUT2D eigenvalue weighted by Crippen LogP contribution is 2.18. The highest BCUT2D eigenvalue weighted by Gasteiger charge is 2.15. The van der Waals surface area contributed by atoms with Crippen LogP contribution in [-0.2, 0) is 11.3 Å². The molecule has 0 spiro atoms. The number of hydrogen-bond donors (Lipinski definition) is 3. The molecule has 0 saturated heterocycles. The van der Waals surface area contributed by atoms with Crippen molar-refractivity contribution in [1.82, 2.24) is 10.5 Å². The van der Waals surface area contributed by atoms with Gasteiger partial charge < -0.3 is 10.2 Å². The molecule has 122 valence electrons. The average Bonchev–Trinajstić information content (AvgIpc) is 2.55. The van der Waals surface area contributed by atoms with Crippen molar-refractivity contribution in [2.45, 2.75) is 12.7 Å². The number of aromatic nitrogens is 1. The lowest BCUT2D eigenvalue weighted by Gasteiger charge is -2.12. The lowest BCUT2D eigenvalue weighted by Crippen LogP contribution is -2.32. The number of nitrogens with zero attached hydrogens (tertiary/aromatic N) is 1. The molecule has 2 aromatic rings. The Kier molecular flexibility index (Phi) is 6.39. The number of carbonyl (C=O) groups is 1. The second kappa shape index (κ2) is 8.29. The molecule has 6 nitrogen and oxygen atoms in total. The highest BCUT2D eigenvalue weighted by molar-refractivity contribution is 14.1. The van der Waals surface area contributed by atoms with Crippen LogP contribution in [0.1, 0.15) is 21.5 Å². The van der Waals surface area contributed by atoms with Gasteiger partial charge in [0.2, 0.25) is 6.29 Å². The van der Waals surface area contributed by atoms with Gasteiger partial charge in [-0.25, -0.2) is 14.7 Å². The molecule has 0 unspecified atom stereocenters. The standard InChI is InChI=1S/C15H14FIN2O4/c16-13-6-11(17)2-1-9(13)5-10-7-18-4-3-12(10)15(22)19-23-14(21)8-20/h1-4,6-7,14,20-21H,5,8H2,(H,19,22)/t14-/m1/s1. The van der Waals surface area contributed by atoms with E-state index in [1.54, 1.807) is 12.1 Å². The number of halogens is 2. The highest BCUT2D eigenvalue weighted by atomic mass is 127. The van der Waals surface area contributed by atoms with Crippen LogP contribution in [0.4, 0.5) is 4.39 Å². The van der Waals surface area contributed by atoms with Gasteiger partial charge in [0.1, 0.15) is 5.82 Å². The first kappa shape index (κ1) is 17.7. The third kappa shape index (κ3) is 4.93. The Labute approximate surface area is 145 Å². The lowest BCUT2D eigenvalue weighted by atomic mass is 10.0. The summed E-state index contributed by atoms with van der Waals surface area (Å²) in [5.74, 6) is -0.986. The van der Waals surface area contributed by atoms with Crippen molar-refractivity contribution in [2.24, 2.45) is 0 Å². The minimum atomic E-state index is -1.52. The summed E-state index contributed by atoms with van der Waals surface area (Å²) in [6, 6.07) is 6.30. The summed E-state index contributed by atoms with van der Waals surface area (Å²) in [6.45, 7) is -0.655. The molecule has 0 aliphatic heterocycles. The van der Waals surface area contributed by atoms with E-state index >= 15 is 0 Å².